The van der Waals surface area contributed by atoms with Crippen molar-refractivity contribution in [1.82, 2.24) is 0 Å². The van der Waals surface area contributed by atoms with Crippen molar-refractivity contribution in [3.63, 3.8) is 0 Å². The fourth-order valence-electron chi connectivity index (χ4n) is 2.07. The molecule has 17 heavy (non-hydrogen) atoms. The maximum absolute atomic E-state index is 13.8. The maximum Gasteiger partial charge on any atom is 0.321 e. The van der Waals surface area contributed by atoms with Crippen LogP contribution >= 0.6 is 0 Å². The first kappa shape index (κ1) is 13.6. The number of aliphatic carboxylic acids is 1. The highest BCUT2D eigenvalue weighted by Crippen LogP contribution is 2.29. The lowest BCUT2D eigenvalue weighted by Crippen LogP contribution is -2.37. The molecule has 3 nitrogen and oxygen atoms in total. The van der Waals surface area contributed by atoms with Crippen molar-refractivity contribution in [3.05, 3.63) is 34.6 Å². The van der Waals surface area contributed by atoms with Crippen molar-refractivity contribution in [2.75, 3.05) is 0 Å². The number of carboxylic acid groups (broad SMARTS) is 1. The minimum atomic E-state index is -1.10. The van der Waals surface area contributed by atoms with Gasteiger partial charge in [-0.1, -0.05) is 13.0 Å². The predicted octanol–water partition coefficient (Wildman–Crippen LogP) is 2.35. The highest BCUT2D eigenvalue weighted by Gasteiger charge is 2.28. The largest absolute Gasteiger partial charge is 0.480 e. The zero-order chi connectivity index (χ0) is 13.2. The Bertz CT molecular complexity index is 432. The molecule has 0 spiro atoms. The van der Waals surface area contributed by atoms with E-state index in [1.54, 1.807) is 13.0 Å². The minimum Gasteiger partial charge on any atom is -0.480 e. The molecule has 0 aliphatic rings. The van der Waals surface area contributed by atoms with Gasteiger partial charge in [-0.3, -0.25) is 4.79 Å². The van der Waals surface area contributed by atoms with Crippen LogP contribution in [-0.2, 0) is 4.79 Å². The van der Waals surface area contributed by atoms with E-state index in [4.69, 9.17) is 10.8 Å². The van der Waals surface area contributed by atoms with Crippen LogP contribution in [-0.4, -0.2) is 17.1 Å². The third-order valence-electron chi connectivity index (χ3n) is 3.26. The highest BCUT2D eigenvalue weighted by molar-refractivity contribution is 5.74. The maximum atomic E-state index is 13.8. The van der Waals surface area contributed by atoms with Gasteiger partial charge < -0.3 is 10.8 Å². The fraction of sp³-hybridized carbons (Fsp3) is 0.462. The molecule has 0 unspecified atom stereocenters. The third kappa shape index (κ3) is 2.64. The van der Waals surface area contributed by atoms with E-state index in [1.165, 1.54) is 6.07 Å². The van der Waals surface area contributed by atoms with Gasteiger partial charge in [0.1, 0.15) is 11.9 Å². The molecule has 0 bridgehead atoms. The highest BCUT2D eigenvalue weighted by atomic mass is 19.1. The number of carbonyl (C=O) groups is 1. The summed E-state index contributed by atoms with van der Waals surface area (Å²) in [5, 5.41) is 8.95. The Kier molecular flexibility index (Phi) is 4.23. The number of hydrogen-bond donors (Lipinski definition) is 2. The van der Waals surface area contributed by atoms with Crippen LogP contribution in [0.3, 0.4) is 0 Å². The molecule has 0 aromatic heterocycles. The number of halogens is 1. The van der Waals surface area contributed by atoms with Gasteiger partial charge in [-0.05, 0) is 43.0 Å². The number of carboxylic acids is 1. The van der Waals surface area contributed by atoms with E-state index in [-0.39, 0.29) is 5.82 Å². The van der Waals surface area contributed by atoms with Crippen LogP contribution in [0, 0.1) is 19.7 Å². The van der Waals surface area contributed by atoms with Gasteiger partial charge >= 0.3 is 5.97 Å². The monoisotopic (exact) mass is 239 g/mol. The van der Waals surface area contributed by atoms with E-state index in [1.807, 2.05) is 13.8 Å². The second-order valence-electron chi connectivity index (χ2n) is 4.28. The molecule has 0 saturated carbocycles. The Morgan fingerprint density at radius 2 is 2.06 bits per heavy atom. The topological polar surface area (TPSA) is 63.3 Å². The van der Waals surface area contributed by atoms with E-state index >= 15 is 0 Å². The normalized spacial score (nSPS) is 14.4. The lowest BCUT2D eigenvalue weighted by molar-refractivity contribution is -0.139. The van der Waals surface area contributed by atoms with Gasteiger partial charge in [0.2, 0.25) is 0 Å². The molecule has 0 saturated heterocycles. The first-order valence-corrected chi connectivity index (χ1v) is 5.64. The summed E-state index contributed by atoms with van der Waals surface area (Å²) >= 11 is 0. The van der Waals surface area contributed by atoms with E-state index in [9.17, 15) is 9.18 Å². The van der Waals surface area contributed by atoms with E-state index in [0.717, 1.165) is 11.1 Å². The molecule has 1 rings (SSSR count). The second-order valence-corrected chi connectivity index (χ2v) is 4.28. The summed E-state index contributed by atoms with van der Waals surface area (Å²) in [6.45, 7) is 5.48. The third-order valence-corrected chi connectivity index (χ3v) is 3.26. The SMILES string of the molecule is CC[C@H](c1c(F)ccc(C)c1C)[C@H](N)C(=O)O. The van der Waals surface area contributed by atoms with Crippen molar-refractivity contribution < 1.29 is 14.3 Å². The summed E-state index contributed by atoms with van der Waals surface area (Å²) in [6.07, 6.45) is 0.495. The summed E-state index contributed by atoms with van der Waals surface area (Å²) in [6, 6.07) is 1.98. The van der Waals surface area contributed by atoms with Crippen molar-refractivity contribution in [1.29, 1.82) is 0 Å². The van der Waals surface area contributed by atoms with Crippen LogP contribution in [0.15, 0.2) is 12.1 Å². The standard InChI is InChI=1S/C13H18FNO2/c1-4-9(12(15)13(16)17)11-8(3)7(2)5-6-10(11)14/h5-6,9,12H,4,15H2,1-3H3,(H,16,17)/t9-,12+/m1/s1. The number of aryl methyl sites for hydroxylation is 1. The van der Waals surface area contributed by atoms with Gasteiger partial charge in [0, 0.05) is 5.92 Å². The Hall–Kier alpha value is -1.42. The Balaban J connectivity index is 3.29. The number of nitrogens with two attached hydrogens (primary N) is 1. The molecule has 4 heteroatoms. The lowest BCUT2D eigenvalue weighted by atomic mass is 9.85. The zero-order valence-electron chi connectivity index (χ0n) is 10.3. The van der Waals surface area contributed by atoms with Crippen LogP contribution < -0.4 is 5.73 Å². The van der Waals surface area contributed by atoms with Crippen molar-refractivity contribution in [2.45, 2.75) is 39.2 Å². The quantitative estimate of drug-likeness (QED) is 0.847. The molecule has 1 aromatic carbocycles. The van der Waals surface area contributed by atoms with E-state index < -0.39 is 17.9 Å². The molecule has 3 N–H and O–H groups in total. The van der Waals surface area contributed by atoms with E-state index in [0.29, 0.717) is 12.0 Å². The Labute approximate surface area is 100 Å². The number of hydrogen-bond acceptors (Lipinski definition) is 2. The van der Waals surface area contributed by atoms with Gasteiger partial charge in [0.25, 0.3) is 0 Å². The summed E-state index contributed by atoms with van der Waals surface area (Å²) in [4.78, 5) is 10.9. The molecule has 0 aliphatic heterocycles. The summed E-state index contributed by atoms with van der Waals surface area (Å²) in [5.41, 5.74) is 7.79. The molecule has 0 aliphatic carbocycles. The first-order chi connectivity index (χ1) is 7.90. The van der Waals surface area contributed by atoms with E-state index in [2.05, 4.69) is 0 Å². The molecule has 1 aromatic rings. The van der Waals surface area contributed by atoms with Crippen molar-refractivity contribution in [2.24, 2.45) is 5.73 Å². The fourth-order valence-corrected chi connectivity index (χ4v) is 2.07. The van der Waals surface area contributed by atoms with Crippen LogP contribution in [0.4, 0.5) is 4.39 Å². The summed E-state index contributed by atoms with van der Waals surface area (Å²) in [7, 11) is 0. The zero-order valence-corrected chi connectivity index (χ0v) is 10.3. The van der Waals surface area contributed by atoms with Gasteiger partial charge in [-0.15, -0.1) is 0 Å². The summed E-state index contributed by atoms with van der Waals surface area (Å²) < 4.78 is 13.8. The molecule has 0 heterocycles. The molecule has 94 valence electrons. The second kappa shape index (κ2) is 5.27. The van der Waals surface area contributed by atoms with Crippen LogP contribution in [0.25, 0.3) is 0 Å². The minimum absolute atomic E-state index is 0.378. The summed E-state index contributed by atoms with van der Waals surface area (Å²) in [5.74, 6) is -1.97. The number of rotatable bonds is 4. The van der Waals surface area contributed by atoms with Gasteiger partial charge in [0.15, 0.2) is 0 Å². The molecule has 2 atom stereocenters. The average molecular weight is 239 g/mol. The van der Waals surface area contributed by atoms with Crippen LogP contribution in [0.5, 0.6) is 0 Å². The van der Waals surface area contributed by atoms with Crippen molar-refractivity contribution >= 4 is 5.97 Å². The van der Waals surface area contributed by atoms with Crippen molar-refractivity contribution in [3.8, 4) is 0 Å². The molecular weight excluding hydrogens is 221 g/mol. The Morgan fingerprint density at radius 1 is 1.47 bits per heavy atom. The van der Waals surface area contributed by atoms with Gasteiger partial charge in [0.05, 0.1) is 0 Å². The van der Waals surface area contributed by atoms with Gasteiger partial charge in [-0.25, -0.2) is 4.39 Å². The molecular formula is C13H18FNO2. The van der Waals surface area contributed by atoms with Crippen LogP contribution in [0.2, 0.25) is 0 Å². The smallest absolute Gasteiger partial charge is 0.321 e. The Morgan fingerprint density at radius 3 is 2.53 bits per heavy atom. The number of benzene rings is 1. The average Bonchev–Trinajstić information content (AvgIpc) is 2.28. The van der Waals surface area contributed by atoms with Gasteiger partial charge in [-0.2, -0.15) is 0 Å². The lowest BCUT2D eigenvalue weighted by Gasteiger charge is -2.23. The first-order valence-electron chi connectivity index (χ1n) is 5.64. The molecule has 0 amide bonds. The molecule has 0 fully saturated rings. The predicted molar refractivity (Wildman–Crippen MR) is 64.5 cm³/mol. The molecule has 0 radical (unpaired) electrons. The van der Waals surface area contributed by atoms with Crippen LogP contribution in [0.1, 0.15) is 36.0 Å².